The van der Waals surface area contributed by atoms with Crippen molar-refractivity contribution in [2.45, 2.75) is 58.5 Å². The van der Waals surface area contributed by atoms with E-state index in [1.165, 1.54) is 37.7 Å². The quantitative estimate of drug-likeness (QED) is 0.676. The minimum atomic E-state index is 0.643. The van der Waals surface area contributed by atoms with Crippen molar-refractivity contribution < 1.29 is 9.47 Å². The highest BCUT2D eigenvalue weighted by Gasteiger charge is 2.47. The lowest BCUT2D eigenvalue weighted by atomic mass is 9.54. The summed E-state index contributed by atoms with van der Waals surface area (Å²) in [6, 6.07) is 5.03. The molecule has 1 N–H and O–H groups in total. The molecule has 3 nitrogen and oxygen atoms in total. The van der Waals surface area contributed by atoms with E-state index < -0.39 is 0 Å². The summed E-state index contributed by atoms with van der Waals surface area (Å²) in [6.45, 7) is 6.23. The topological polar surface area (TPSA) is 30.5 Å². The van der Waals surface area contributed by atoms with Gasteiger partial charge >= 0.3 is 0 Å². The van der Waals surface area contributed by atoms with Gasteiger partial charge in [0.25, 0.3) is 0 Å². The minimum Gasteiger partial charge on any atom is -0.490 e. The Hall–Kier alpha value is -0.740. The van der Waals surface area contributed by atoms with Crippen molar-refractivity contribution >= 4 is 15.9 Å². The molecule has 0 atom stereocenters. The molecule has 0 amide bonds. The Morgan fingerprint density at radius 3 is 2.20 bits per heavy atom. The van der Waals surface area contributed by atoms with E-state index in [1.807, 2.05) is 13.8 Å². The second kappa shape index (κ2) is 7.48. The van der Waals surface area contributed by atoms with Gasteiger partial charge in [0.05, 0.1) is 17.7 Å². The van der Waals surface area contributed by atoms with Crippen LogP contribution < -0.4 is 14.8 Å². The van der Waals surface area contributed by atoms with Gasteiger partial charge in [-0.2, -0.15) is 0 Å². The smallest absolute Gasteiger partial charge is 0.175 e. The van der Waals surface area contributed by atoms with Crippen LogP contribution in [0.4, 0.5) is 0 Å². The van der Waals surface area contributed by atoms with Gasteiger partial charge in [0.15, 0.2) is 11.5 Å². The third-order valence-corrected chi connectivity index (χ3v) is 7.02. The monoisotopic (exact) mass is 407 g/mol. The van der Waals surface area contributed by atoms with Crippen molar-refractivity contribution in [3.8, 4) is 11.5 Å². The molecular formula is C21H30BrNO2. The van der Waals surface area contributed by atoms with E-state index >= 15 is 0 Å². The first-order valence-electron chi connectivity index (χ1n) is 9.99. The Morgan fingerprint density at radius 2 is 1.60 bits per heavy atom. The van der Waals surface area contributed by atoms with Crippen LogP contribution in [0.15, 0.2) is 16.6 Å². The fourth-order valence-corrected chi connectivity index (χ4v) is 6.37. The molecule has 1 aromatic carbocycles. The van der Waals surface area contributed by atoms with E-state index in [4.69, 9.17) is 9.47 Å². The summed E-state index contributed by atoms with van der Waals surface area (Å²) >= 11 is 3.66. The van der Waals surface area contributed by atoms with E-state index in [-0.39, 0.29) is 0 Å². The summed E-state index contributed by atoms with van der Waals surface area (Å²) in [5.74, 6) is 5.56. The van der Waals surface area contributed by atoms with Crippen LogP contribution in [0.3, 0.4) is 0 Å². The van der Waals surface area contributed by atoms with Gasteiger partial charge in [-0.3, -0.25) is 0 Å². The number of ether oxygens (including phenoxy) is 2. The number of hydrogen-bond donors (Lipinski definition) is 1. The van der Waals surface area contributed by atoms with Crippen LogP contribution in [0.1, 0.15) is 51.5 Å². The summed E-state index contributed by atoms with van der Waals surface area (Å²) in [7, 11) is 0. The van der Waals surface area contributed by atoms with Gasteiger partial charge in [0.2, 0.25) is 0 Å². The minimum absolute atomic E-state index is 0.643. The fourth-order valence-electron chi connectivity index (χ4n) is 5.76. The molecule has 138 valence electrons. The van der Waals surface area contributed by atoms with Crippen molar-refractivity contribution in [2.75, 3.05) is 13.2 Å². The number of benzene rings is 1. The van der Waals surface area contributed by atoms with Gasteiger partial charge in [-0.1, -0.05) is 0 Å². The molecule has 0 saturated heterocycles. The van der Waals surface area contributed by atoms with Crippen LogP contribution in [0, 0.1) is 23.7 Å². The maximum atomic E-state index is 5.81. The van der Waals surface area contributed by atoms with E-state index in [0.29, 0.717) is 19.3 Å². The van der Waals surface area contributed by atoms with Crippen molar-refractivity contribution in [1.82, 2.24) is 5.32 Å². The SMILES string of the molecule is CCOc1cc(CNC2C3CC4CC(C3)CC2C4)cc(Br)c1OCC. The molecule has 0 aromatic heterocycles. The fraction of sp³-hybridized carbons (Fsp3) is 0.714. The van der Waals surface area contributed by atoms with E-state index in [9.17, 15) is 0 Å². The molecule has 0 aliphatic heterocycles. The maximum absolute atomic E-state index is 5.81. The summed E-state index contributed by atoms with van der Waals surface area (Å²) in [6.07, 6.45) is 7.36. The molecule has 0 spiro atoms. The molecule has 4 saturated carbocycles. The van der Waals surface area contributed by atoms with Gasteiger partial charge in [-0.15, -0.1) is 0 Å². The molecule has 1 aromatic rings. The molecule has 0 heterocycles. The van der Waals surface area contributed by atoms with Gasteiger partial charge in [0, 0.05) is 12.6 Å². The van der Waals surface area contributed by atoms with Crippen LogP contribution in [0.5, 0.6) is 11.5 Å². The van der Waals surface area contributed by atoms with Crippen LogP contribution in [-0.4, -0.2) is 19.3 Å². The molecular weight excluding hydrogens is 378 g/mol. The molecule has 5 rings (SSSR count). The molecule has 0 radical (unpaired) electrons. The molecule has 4 bridgehead atoms. The second-order valence-corrected chi connectivity index (χ2v) is 8.96. The van der Waals surface area contributed by atoms with Gasteiger partial charge in [-0.25, -0.2) is 0 Å². The van der Waals surface area contributed by atoms with E-state index in [1.54, 1.807) is 0 Å². The van der Waals surface area contributed by atoms with Crippen molar-refractivity contribution in [2.24, 2.45) is 23.7 Å². The van der Waals surface area contributed by atoms with Gasteiger partial charge in [0.1, 0.15) is 0 Å². The zero-order valence-corrected chi connectivity index (χ0v) is 17.0. The summed E-state index contributed by atoms with van der Waals surface area (Å²) in [5, 5.41) is 3.91. The summed E-state index contributed by atoms with van der Waals surface area (Å²) < 4.78 is 12.6. The lowest BCUT2D eigenvalue weighted by Gasteiger charge is -2.54. The zero-order chi connectivity index (χ0) is 17.4. The highest BCUT2D eigenvalue weighted by atomic mass is 79.9. The number of rotatable bonds is 7. The number of nitrogens with one attached hydrogen (secondary N) is 1. The van der Waals surface area contributed by atoms with Crippen molar-refractivity contribution in [3.63, 3.8) is 0 Å². The molecule has 4 aliphatic rings. The van der Waals surface area contributed by atoms with Gasteiger partial charge < -0.3 is 14.8 Å². The first-order valence-corrected chi connectivity index (χ1v) is 10.8. The third-order valence-electron chi connectivity index (χ3n) is 6.43. The molecule has 4 aliphatic carbocycles. The first kappa shape index (κ1) is 17.7. The van der Waals surface area contributed by atoms with Crippen LogP contribution in [0.2, 0.25) is 0 Å². The number of halogens is 1. The van der Waals surface area contributed by atoms with Crippen molar-refractivity contribution in [1.29, 1.82) is 0 Å². The zero-order valence-electron chi connectivity index (χ0n) is 15.4. The Balaban J connectivity index is 1.46. The predicted octanol–water partition coefficient (Wildman–Crippen LogP) is 5.16. The van der Waals surface area contributed by atoms with Crippen LogP contribution >= 0.6 is 15.9 Å². The lowest BCUT2D eigenvalue weighted by molar-refractivity contribution is -0.0142. The molecule has 4 fully saturated rings. The van der Waals surface area contributed by atoms with Crippen molar-refractivity contribution in [3.05, 3.63) is 22.2 Å². The van der Waals surface area contributed by atoms with Crippen LogP contribution in [-0.2, 0) is 6.54 Å². The Labute approximate surface area is 160 Å². The van der Waals surface area contributed by atoms with E-state index in [0.717, 1.165) is 46.2 Å². The number of hydrogen-bond acceptors (Lipinski definition) is 3. The highest BCUT2D eigenvalue weighted by molar-refractivity contribution is 9.10. The summed E-state index contributed by atoms with van der Waals surface area (Å²) in [5.41, 5.74) is 1.27. The van der Waals surface area contributed by atoms with Crippen LogP contribution in [0.25, 0.3) is 0 Å². The highest BCUT2D eigenvalue weighted by Crippen LogP contribution is 2.53. The average molecular weight is 408 g/mol. The largest absolute Gasteiger partial charge is 0.490 e. The second-order valence-electron chi connectivity index (χ2n) is 8.11. The molecule has 25 heavy (non-hydrogen) atoms. The first-order chi connectivity index (χ1) is 12.2. The Morgan fingerprint density at radius 1 is 0.960 bits per heavy atom. The standard InChI is InChI=1S/C21H30BrNO2/c1-3-24-19-11-15(10-18(22)21(19)25-4-2)12-23-20-16-6-13-5-14(8-16)9-17(20)7-13/h10-11,13-14,16-17,20,23H,3-9,12H2,1-2H3. The molecule has 0 unspecified atom stereocenters. The third kappa shape index (κ3) is 3.57. The lowest BCUT2D eigenvalue weighted by Crippen LogP contribution is -2.54. The normalized spacial score (nSPS) is 32.8. The van der Waals surface area contributed by atoms with Gasteiger partial charge in [-0.05, 0) is 103 Å². The van der Waals surface area contributed by atoms with E-state index in [2.05, 4.69) is 33.4 Å². The summed E-state index contributed by atoms with van der Waals surface area (Å²) in [4.78, 5) is 0. The Bertz CT molecular complexity index is 590. The maximum Gasteiger partial charge on any atom is 0.175 e. The Kier molecular flexibility index (Phi) is 5.28. The average Bonchev–Trinajstić information content (AvgIpc) is 2.57. The molecule has 4 heteroatoms. The predicted molar refractivity (Wildman–Crippen MR) is 104 cm³/mol.